The molecular weight excluding hydrogens is 771 g/mol. The number of aryl methyl sites for hydroxylation is 1. The Morgan fingerprint density at radius 1 is 0.881 bits per heavy atom. The third kappa shape index (κ3) is 10.2. The highest BCUT2D eigenvalue weighted by atomic mass is 32.1. The first-order chi connectivity index (χ1) is 28.5. The molecule has 3 aliphatic rings. The average Bonchev–Trinajstić information content (AvgIpc) is 3.76. The topological polar surface area (TPSA) is 139 Å². The quantitative estimate of drug-likeness (QED) is 0.0450. The fraction of sp³-hybridized carbons (Fsp3) is 0.457. The van der Waals surface area contributed by atoms with Crippen molar-refractivity contribution < 1.29 is 28.0 Å². The Labute approximate surface area is 349 Å². The summed E-state index contributed by atoms with van der Waals surface area (Å²) in [7, 11) is 0. The Morgan fingerprint density at radius 2 is 1.63 bits per heavy atom. The van der Waals surface area contributed by atoms with Crippen LogP contribution in [0.1, 0.15) is 123 Å². The second kappa shape index (κ2) is 18.9. The molecule has 13 heteroatoms. The third-order valence-corrected chi connectivity index (χ3v) is 12.4. The van der Waals surface area contributed by atoms with E-state index in [4.69, 9.17) is 18.0 Å². The minimum Gasteiger partial charge on any atom is -0.389 e. The van der Waals surface area contributed by atoms with Crippen molar-refractivity contribution >= 4 is 57.4 Å². The lowest BCUT2D eigenvalue weighted by molar-refractivity contribution is -0.137. The molecule has 0 bridgehead atoms. The van der Waals surface area contributed by atoms with Crippen LogP contribution in [0.25, 0.3) is 22.0 Å². The molecule has 5 N–H and O–H groups in total. The van der Waals surface area contributed by atoms with Gasteiger partial charge in [0.2, 0.25) is 23.6 Å². The van der Waals surface area contributed by atoms with Crippen molar-refractivity contribution in [2.24, 2.45) is 5.73 Å². The number of amides is 4. The summed E-state index contributed by atoms with van der Waals surface area (Å²) in [5, 5.41) is 9.95. The molecule has 0 spiro atoms. The van der Waals surface area contributed by atoms with Crippen LogP contribution in [0.5, 0.6) is 0 Å². The Hall–Kier alpha value is -5.01. The lowest BCUT2D eigenvalue weighted by atomic mass is 9.92. The van der Waals surface area contributed by atoms with Crippen LogP contribution in [-0.2, 0) is 27.3 Å². The Morgan fingerprint density at radius 3 is 2.41 bits per heavy atom. The van der Waals surface area contributed by atoms with Gasteiger partial charge in [-0.1, -0.05) is 74.3 Å². The van der Waals surface area contributed by atoms with E-state index < -0.39 is 17.9 Å². The van der Waals surface area contributed by atoms with E-state index in [-0.39, 0.29) is 43.0 Å². The second-order valence-electron chi connectivity index (χ2n) is 16.3. The van der Waals surface area contributed by atoms with Gasteiger partial charge in [-0.15, -0.1) is 0 Å². The number of fused-ring (bicyclic) bond motifs is 2. The molecule has 4 amide bonds. The van der Waals surface area contributed by atoms with Gasteiger partial charge in [0.05, 0.1) is 5.52 Å². The molecule has 7 rings (SSSR count). The average molecular weight is 825 g/mol. The molecule has 3 heterocycles. The molecule has 4 aromatic rings. The van der Waals surface area contributed by atoms with Gasteiger partial charge >= 0.3 is 0 Å². The fourth-order valence-electron chi connectivity index (χ4n) is 8.88. The summed E-state index contributed by atoms with van der Waals surface area (Å²) in [4.78, 5) is 52.0. The summed E-state index contributed by atoms with van der Waals surface area (Å²) in [6, 6.07) is 18.7. The number of nitrogens with zero attached hydrogens (tertiary/aromatic N) is 2. The maximum Gasteiger partial charge on any atom is 0.255 e. The molecular formula is C46H54F2N6O4S. The molecule has 59 heavy (non-hydrogen) atoms. The number of alkyl halides is 2. The molecule has 1 saturated heterocycles. The normalized spacial score (nSPS) is 18.0. The third-order valence-electron chi connectivity index (χ3n) is 12.1. The largest absolute Gasteiger partial charge is 0.389 e. The standard InChI is InChI=1S/C46H54F2N6O4S/c47-46(48)22-20-34(21-23-46)53-28-38(31-11-7-12-32(26-31)43(49)59)35-17-16-33(27-40(35)53)51-41(55)15-5-3-1-2-4-6-24-50-25-9-13-30-10-8-14-36-37(30)29-54(45(36)58)39-18-19-42(56)52-44(39)57/h7-8,10-12,14,16-17,26-28,34,39,50H,1-6,9,13,15,18-25,29H2,(H2,49,59)(H,51,55)(H,52,56,57). The SMILES string of the molecule is NC(=S)c1cccc(-c2cn(C3CCC(F)(F)CC3)c3cc(NC(=O)CCCCCCCCNCCCc4cccc5c4CN(C4CCC(=O)NC4=O)C5=O)ccc23)c1. The van der Waals surface area contributed by atoms with Crippen LogP contribution >= 0.6 is 12.2 Å². The second-order valence-corrected chi connectivity index (χ2v) is 16.8. The highest BCUT2D eigenvalue weighted by Crippen LogP contribution is 2.42. The van der Waals surface area contributed by atoms with Gasteiger partial charge in [-0.3, -0.25) is 24.5 Å². The summed E-state index contributed by atoms with van der Waals surface area (Å²) < 4.78 is 30.3. The number of imide groups is 1. The number of anilines is 1. The number of nitrogens with one attached hydrogen (secondary N) is 3. The van der Waals surface area contributed by atoms with Gasteiger partial charge in [-0.05, 0) is 99.0 Å². The summed E-state index contributed by atoms with van der Waals surface area (Å²) in [6.45, 7) is 2.22. The number of carbonyl (C=O) groups is 4. The number of unbranched alkanes of at least 4 members (excludes halogenated alkanes) is 5. The smallest absolute Gasteiger partial charge is 0.255 e. The molecule has 1 aliphatic carbocycles. The monoisotopic (exact) mass is 824 g/mol. The number of thiocarbonyl (C=S) groups is 1. The number of aromatic nitrogens is 1. The van der Waals surface area contributed by atoms with Gasteiger partial charge in [0, 0.05) is 72.2 Å². The van der Waals surface area contributed by atoms with Gasteiger partial charge in [0.25, 0.3) is 5.91 Å². The Bertz CT molecular complexity index is 2210. The van der Waals surface area contributed by atoms with E-state index in [0.717, 1.165) is 103 Å². The van der Waals surface area contributed by atoms with Gasteiger partial charge in [-0.2, -0.15) is 0 Å². The van der Waals surface area contributed by atoms with Crippen LogP contribution < -0.4 is 21.7 Å². The van der Waals surface area contributed by atoms with Crippen LogP contribution in [0.15, 0.2) is 66.9 Å². The molecule has 0 radical (unpaired) electrons. The highest BCUT2D eigenvalue weighted by molar-refractivity contribution is 7.80. The number of piperidine rings is 1. The number of hydrogen-bond donors (Lipinski definition) is 4. The molecule has 312 valence electrons. The van der Waals surface area contributed by atoms with Gasteiger partial charge in [0.1, 0.15) is 11.0 Å². The number of benzene rings is 3. The van der Waals surface area contributed by atoms with Gasteiger partial charge < -0.3 is 25.8 Å². The number of hydrogen-bond acceptors (Lipinski definition) is 6. The summed E-state index contributed by atoms with van der Waals surface area (Å²) in [5.74, 6) is -3.48. The zero-order valence-corrected chi connectivity index (χ0v) is 34.3. The maximum atomic E-state index is 14.1. The predicted octanol–water partition coefficient (Wildman–Crippen LogP) is 8.35. The van der Waals surface area contributed by atoms with Crippen molar-refractivity contribution in [3.05, 3.63) is 89.1 Å². The van der Waals surface area contributed by atoms with Crippen LogP contribution in [0.3, 0.4) is 0 Å². The zero-order valence-electron chi connectivity index (χ0n) is 33.5. The zero-order chi connectivity index (χ0) is 41.5. The minimum atomic E-state index is -2.63. The molecule has 1 aromatic heterocycles. The summed E-state index contributed by atoms with van der Waals surface area (Å²) in [5.41, 5.74) is 13.0. The van der Waals surface area contributed by atoms with E-state index in [0.29, 0.717) is 48.5 Å². The lowest BCUT2D eigenvalue weighted by Crippen LogP contribution is -2.52. The number of rotatable bonds is 18. The van der Waals surface area contributed by atoms with Crippen LogP contribution in [0, 0.1) is 0 Å². The molecule has 3 aromatic carbocycles. The van der Waals surface area contributed by atoms with E-state index in [1.54, 1.807) is 4.90 Å². The molecule has 1 unspecified atom stereocenters. The molecule has 2 fully saturated rings. The summed E-state index contributed by atoms with van der Waals surface area (Å²) in [6.07, 6.45) is 11.5. The molecule has 1 saturated carbocycles. The van der Waals surface area contributed by atoms with Crippen LogP contribution in [0.2, 0.25) is 0 Å². The van der Waals surface area contributed by atoms with Crippen molar-refractivity contribution in [2.75, 3.05) is 18.4 Å². The van der Waals surface area contributed by atoms with Gasteiger partial charge in [-0.25, -0.2) is 8.78 Å². The van der Waals surface area contributed by atoms with Crippen LogP contribution in [-0.4, -0.2) is 63.1 Å². The Kier molecular flexibility index (Phi) is 13.5. The van der Waals surface area contributed by atoms with Gasteiger partial charge in [0.15, 0.2) is 0 Å². The fourth-order valence-corrected chi connectivity index (χ4v) is 9.01. The predicted molar refractivity (Wildman–Crippen MR) is 230 cm³/mol. The van der Waals surface area contributed by atoms with E-state index in [2.05, 4.69) is 26.6 Å². The first-order valence-corrected chi connectivity index (χ1v) is 21.6. The van der Waals surface area contributed by atoms with Crippen molar-refractivity contribution in [2.45, 2.75) is 121 Å². The Balaban J connectivity index is 0.804. The van der Waals surface area contributed by atoms with E-state index in [9.17, 15) is 28.0 Å². The molecule has 10 nitrogen and oxygen atoms in total. The lowest BCUT2D eigenvalue weighted by Gasteiger charge is -2.29. The molecule has 1 atom stereocenters. The van der Waals surface area contributed by atoms with Crippen molar-refractivity contribution in [1.29, 1.82) is 0 Å². The first-order valence-electron chi connectivity index (χ1n) is 21.2. The first kappa shape index (κ1) is 42.1. The minimum absolute atomic E-state index is 0.0351. The van der Waals surface area contributed by atoms with E-state index in [1.165, 1.54) is 0 Å². The van der Waals surface area contributed by atoms with Crippen molar-refractivity contribution in [3.8, 4) is 11.1 Å². The summed E-state index contributed by atoms with van der Waals surface area (Å²) >= 11 is 5.21. The number of nitrogens with two attached hydrogens (primary N) is 1. The highest BCUT2D eigenvalue weighted by Gasteiger charge is 2.40. The van der Waals surface area contributed by atoms with E-state index in [1.807, 2.05) is 60.8 Å². The number of halogens is 2. The maximum absolute atomic E-state index is 14.1. The van der Waals surface area contributed by atoms with Crippen molar-refractivity contribution in [1.82, 2.24) is 20.1 Å². The number of carbonyl (C=O) groups excluding carboxylic acids is 4. The van der Waals surface area contributed by atoms with Crippen LogP contribution in [0.4, 0.5) is 14.5 Å². The van der Waals surface area contributed by atoms with Crippen molar-refractivity contribution in [3.63, 3.8) is 0 Å². The van der Waals surface area contributed by atoms with E-state index >= 15 is 0 Å². The molecule has 2 aliphatic heterocycles.